The summed E-state index contributed by atoms with van der Waals surface area (Å²) in [6.07, 6.45) is 3.00. The van der Waals surface area contributed by atoms with E-state index in [0.717, 1.165) is 24.2 Å². The summed E-state index contributed by atoms with van der Waals surface area (Å²) in [5.41, 5.74) is 6.51. The van der Waals surface area contributed by atoms with Gasteiger partial charge in [-0.15, -0.1) is 11.8 Å². The Balaban J connectivity index is 2.38. The lowest BCUT2D eigenvalue weighted by Crippen LogP contribution is -2.34. The van der Waals surface area contributed by atoms with Crippen molar-refractivity contribution in [2.75, 3.05) is 17.2 Å². The summed E-state index contributed by atoms with van der Waals surface area (Å²) >= 11 is 1.47. The molecule has 0 aromatic heterocycles. The molecule has 0 amide bonds. The lowest BCUT2D eigenvalue weighted by Gasteiger charge is -2.13. The minimum Gasteiger partial charge on any atom is -0.398 e. The summed E-state index contributed by atoms with van der Waals surface area (Å²) < 4.78 is 26.6. The van der Waals surface area contributed by atoms with Crippen molar-refractivity contribution >= 4 is 27.5 Å². The van der Waals surface area contributed by atoms with Gasteiger partial charge in [-0.05, 0) is 25.5 Å². The van der Waals surface area contributed by atoms with E-state index >= 15 is 0 Å². The van der Waals surface area contributed by atoms with Crippen LogP contribution in [0.4, 0.5) is 5.69 Å². The van der Waals surface area contributed by atoms with Crippen LogP contribution >= 0.6 is 11.8 Å². The van der Waals surface area contributed by atoms with Crippen LogP contribution in [0, 0.1) is 0 Å². The highest BCUT2D eigenvalue weighted by atomic mass is 32.2. The molecular formula is C14H24N2O2S2. The summed E-state index contributed by atoms with van der Waals surface area (Å²) in [5.74, 6) is 0.618. The zero-order valence-electron chi connectivity index (χ0n) is 12.1. The van der Waals surface area contributed by atoms with Gasteiger partial charge < -0.3 is 5.73 Å². The van der Waals surface area contributed by atoms with E-state index in [2.05, 4.69) is 11.6 Å². The lowest BCUT2D eigenvalue weighted by atomic mass is 10.2. The largest absolute Gasteiger partial charge is 0.398 e. The molecule has 0 aliphatic carbocycles. The Kier molecular flexibility index (Phi) is 7.40. The van der Waals surface area contributed by atoms with E-state index < -0.39 is 10.0 Å². The number of hydrogen-bond acceptors (Lipinski definition) is 4. The van der Waals surface area contributed by atoms with Crippen molar-refractivity contribution in [3.63, 3.8) is 0 Å². The van der Waals surface area contributed by atoms with Crippen LogP contribution in [0.25, 0.3) is 0 Å². The number of unbranched alkanes of at least 4 members (excludes halogenated alkanes) is 1. The highest BCUT2D eigenvalue weighted by molar-refractivity contribution is 8.00. The molecule has 0 spiro atoms. The molecule has 0 saturated heterocycles. The van der Waals surface area contributed by atoms with Crippen molar-refractivity contribution in [1.82, 2.24) is 4.72 Å². The Morgan fingerprint density at radius 2 is 2.05 bits per heavy atom. The summed E-state index contributed by atoms with van der Waals surface area (Å²) in [7, 11) is -3.21. The molecule has 4 nitrogen and oxygen atoms in total. The molecule has 1 unspecified atom stereocenters. The normalized spacial score (nSPS) is 13.3. The smallest absolute Gasteiger partial charge is 0.212 e. The van der Waals surface area contributed by atoms with Crippen LogP contribution in [0.5, 0.6) is 0 Å². The van der Waals surface area contributed by atoms with Crippen molar-refractivity contribution in [2.45, 2.75) is 44.0 Å². The third-order valence-corrected chi connectivity index (χ3v) is 5.75. The number of thioether (sulfide) groups is 1. The van der Waals surface area contributed by atoms with Gasteiger partial charge in [0.15, 0.2) is 0 Å². The molecule has 1 aromatic rings. The number of para-hydroxylation sites is 1. The summed E-state index contributed by atoms with van der Waals surface area (Å²) in [6.45, 7) is 4.01. The number of hydrogen-bond donors (Lipinski definition) is 2. The second-order valence-corrected chi connectivity index (χ2v) is 7.88. The van der Waals surface area contributed by atoms with Crippen LogP contribution in [0.1, 0.15) is 33.1 Å². The first-order valence-electron chi connectivity index (χ1n) is 6.92. The fraction of sp³-hybridized carbons (Fsp3) is 0.571. The maximum Gasteiger partial charge on any atom is 0.212 e. The maximum atomic E-state index is 11.9. The van der Waals surface area contributed by atoms with Crippen LogP contribution in [0.2, 0.25) is 0 Å². The molecule has 20 heavy (non-hydrogen) atoms. The Hall–Kier alpha value is -0.720. The highest BCUT2D eigenvalue weighted by Crippen LogP contribution is 2.24. The number of rotatable bonds is 9. The zero-order valence-corrected chi connectivity index (χ0v) is 13.8. The summed E-state index contributed by atoms with van der Waals surface area (Å²) in [5, 5.41) is 0. The predicted molar refractivity (Wildman–Crippen MR) is 87.5 cm³/mol. The number of sulfonamides is 1. The Labute approximate surface area is 126 Å². The molecule has 0 heterocycles. The van der Waals surface area contributed by atoms with E-state index in [1.807, 2.05) is 31.2 Å². The molecular weight excluding hydrogens is 292 g/mol. The molecule has 0 fully saturated rings. The number of nitrogen functional groups attached to an aromatic ring is 1. The first-order chi connectivity index (χ1) is 9.44. The maximum absolute atomic E-state index is 11.9. The average Bonchev–Trinajstić information content (AvgIpc) is 2.38. The van der Waals surface area contributed by atoms with Crippen molar-refractivity contribution in [1.29, 1.82) is 0 Å². The Morgan fingerprint density at radius 1 is 1.35 bits per heavy atom. The summed E-state index contributed by atoms with van der Waals surface area (Å²) in [4.78, 5) is 0.932. The van der Waals surface area contributed by atoms with Crippen LogP contribution in [-0.4, -0.2) is 26.0 Å². The van der Waals surface area contributed by atoms with Crippen molar-refractivity contribution in [2.24, 2.45) is 0 Å². The van der Waals surface area contributed by atoms with E-state index in [1.54, 1.807) is 0 Å². The molecule has 0 bridgehead atoms. The summed E-state index contributed by atoms with van der Waals surface area (Å²) in [6, 6.07) is 7.50. The van der Waals surface area contributed by atoms with Crippen LogP contribution in [-0.2, 0) is 10.0 Å². The third-order valence-electron chi connectivity index (χ3n) is 2.90. The van der Waals surface area contributed by atoms with Crippen LogP contribution in [0.3, 0.4) is 0 Å². The minimum absolute atomic E-state index is 0.00625. The Bertz CT molecular complexity index is 504. The molecule has 0 saturated carbocycles. The fourth-order valence-corrected chi connectivity index (χ4v) is 4.50. The van der Waals surface area contributed by atoms with Gasteiger partial charge in [0, 0.05) is 22.4 Å². The quantitative estimate of drug-likeness (QED) is 0.543. The predicted octanol–water partition coefficient (Wildman–Crippen LogP) is 2.86. The highest BCUT2D eigenvalue weighted by Gasteiger charge is 2.14. The molecule has 6 heteroatoms. The number of anilines is 1. The van der Waals surface area contributed by atoms with Gasteiger partial charge >= 0.3 is 0 Å². The first-order valence-corrected chi connectivity index (χ1v) is 9.55. The number of benzene rings is 1. The molecule has 1 rings (SSSR count). The lowest BCUT2D eigenvalue weighted by molar-refractivity contribution is 0.535. The molecule has 114 valence electrons. The van der Waals surface area contributed by atoms with Crippen LogP contribution in [0.15, 0.2) is 29.2 Å². The van der Waals surface area contributed by atoms with Crippen LogP contribution < -0.4 is 10.5 Å². The van der Waals surface area contributed by atoms with Crippen molar-refractivity contribution in [3.8, 4) is 0 Å². The van der Waals surface area contributed by atoms with Gasteiger partial charge in [0.05, 0.1) is 5.75 Å². The first kappa shape index (κ1) is 17.3. The topological polar surface area (TPSA) is 72.2 Å². The van der Waals surface area contributed by atoms with Gasteiger partial charge in [-0.1, -0.05) is 31.9 Å². The minimum atomic E-state index is -3.21. The molecule has 1 aromatic carbocycles. The van der Waals surface area contributed by atoms with E-state index in [-0.39, 0.29) is 11.8 Å². The molecule has 0 radical (unpaired) electrons. The Morgan fingerprint density at radius 3 is 2.70 bits per heavy atom. The second kappa shape index (κ2) is 8.54. The molecule has 0 aliphatic heterocycles. The van der Waals surface area contributed by atoms with E-state index in [4.69, 9.17) is 5.73 Å². The molecule has 3 N–H and O–H groups in total. The second-order valence-electron chi connectivity index (χ2n) is 4.87. The average molecular weight is 316 g/mol. The van der Waals surface area contributed by atoms with Gasteiger partial charge in [-0.3, -0.25) is 0 Å². The van der Waals surface area contributed by atoms with E-state index in [9.17, 15) is 8.42 Å². The monoisotopic (exact) mass is 316 g/mol. The van der Waals surface area contributed by atoms with Gasteiger partial charge in [-0.2, -0.15) is 0 Å². The SMILES string of the molecule is CCCCC(C)NS(=O)(=O)CCSc1ccccc1N. The standard InChI is InChI=1S/C14H24N2O2S2/c1-3-4-7-12(2)16-20(17,18)11-10-19-14-9-6-5-8-13(14)15/h5-6,8-9,12,16H,3-4,7,10-11,15H2,1-2H3. The zero-order chi connectivity index (χ0) is 15.0. The van der Waals surface area contributed by atoms with E-state index in [1.165, 1.54) is 11.8 Å². The number of nitrogens with one attached hydrogen (secondary N) is 1. The van der Waals surface area contributed by atoms with Gasteiger partial charge in [0.2, 0.25) is 10.0 Å². The molecule has 0 aliphatic rings. The third kappa shape index (κ3) is 6.63. The van der Waals surface area contributed by atoms with Gasteiger partial charge in [0.25, 0.3) is 0 Å². The molecule has 1 atom stereocenters. The number of nitrogens with two attached hydrogens (primary N) is 1. The van der Waals surface area contributed by atoms with Gasteiger partial charge in [-0.25, -0.2) is 13.1 Å². The van der Waals surface area contributed by atoms with Crippen molar-refractivity contribution < 1.29 is 8.42 Å². The van der Waals surface area contributed by atoms with E-state index in [0.29, 0.717) is 11.4 Å². The van der Waals surface area contributed by atoms with Gasteiger partial charge in [0.1, 0.15) is 0 Å². The van der Waals surface area contributed by atoms with Crippen molar-refractivity contribution in [3.05, 3.63) is 24.3 Å². The fourth-order valence-electron chi connectivity index (χ4n) is 1.81.